The summed E-state index contributed by atoms with van der Waals surface area (Å²) in [7, 11) is -3.42. The van der Waals surface area contributed by atoms with E-state index in [2.05, 4.69) is 0 Å². The summed E-state index contributed by atoms with van der Waals surface area (Å²) in [6, 6.07) is 28.8. The molecule has 0 heterocycles. The van der Waals surface area contributed by atoms with Crippen LogP contribution in [0.5, 0.6) is 0 Å². The Morgan fingerprint density at radius 1 is 0.742 bits per heavy atom. The fraction of sp³-hybridized carbons (Fsp3) is 0.240. The number of amides is 1. The van der Waals surface area contributed by atoms with Gasteiger partial charge in [-0.15, -0.1) is 0 Å². The van der Waals surface area contributed by atoms with Gasteiger partial charge in [-0.3, -0.25) is 9.10 Å². The van der Waals surface area contributed by atoms with Crippen LogP contribution in [0.3, 0.4) is 0 Å². The van der Waals surface area contributed by atoms with Gasteiger partial charge in [0, 0.05) is 26.1 Å². The summed E-state index contributed by atoms with van der Waals surface area (Å²) in [6.45, 7) is 1.30. The Kier molecular flexibility index (Phi) is 7.84. The molecule has 0 atom stereocenters. The predicted octanol–water partition coefficient (Wildman–Crippen LogP) is 4.46. The molecule has 0 aliphatic carbocycles. The van der Waals surface area contributed by atoms with Crippen molar-refractivity contribution in [3.8, 4) is 0 Å². The molecule has 0 aliphatic rings. The predicted molar refractivity (Wildman–Crippen MR) is 125 cm³/mol. The van der Waals surface area contributed by atoms with Gasteiger partial charge in [0.25, 0.3) is 0 Å². The summed E-state index contributed by atoms with van der Waals surface area (Å²) in [5, 5.41) is 0. The van der Waals surface area contributed by atoms with E-state index in [1.807, 2.05) is 71.6 Å². The zero-order valence-electron chi connectivity index (χ0n) is 17.7. The number of rotatable bonds is 10. The van der Waals surface area contributed by atoms with Crippen molar-refractivity contribution in [1.29, 1.82) is 0 Å². The Hall–Kier alpha value is -3.12. The molecule has 5 nitrogen and oxygen atoms in total. The third-order valence-electron chi connectivity index (χ3n) is 4.98. The van der Waals surface area contributed by atoms with E-state index in [0.29, 0.717) is 25.2 Å². The molecular weight excluding hydrogens is 408 g/mol. The number of carbonyl (C=O) groups is 1. The van der Waals surface area contributed by atoms with Crippen molar-refractivity contribution in [2.45, 2.75) is 25.9 Å². The molecule has 162 valence electrons. The molecule has 0 fully saturated rings. The molecule has 6 heteroatoms. The Labute approximate surface area is 185 Å². The van der Waals surface area contributed by atoms with Crippen molar-refractivity contribution in [1.82, 2.24) is 4.90 Å². The van der Waals surface area contributed by atoms with Gasteiger partial charge in [-0.2, -0.15) is 0 Å². The van der Waals surface area contributed by atoms with Gasteiger partial charge >= 0.3 is 0 Å². The fourth-order valence-corrected chi connectivity index (χ4v) is 4.42. The monoisotopic (exact) mass is 436 g/mol. The first-order valence-electron chi connectivity index (χ1n) is 10.3. The fourth-order valence-electron chi connectivity index (χ4n) is 3.45. The van der Waals surface area contributed by atoms with Crippen molar-refractivity contribution in [3.63, 3.8) is 0 Å². The molecule has 0 bridgehead atoms. The number of anilines is 1. The minimum atomic E-state index is -3.42. The van der Waals surface area contributed by atoms with Gasteiger partial charge in [-0.1, -0.05) is 78.9 Å². The summed E-state index contributed by atoms with van der Waals surface area (Å²) >= 11 is 0. The van der Waals surface area contributed by atoms with Crippen LogP contribution >= 0.6 is 0 Å². The number of benzene rings is 3. The van der Waals surface area contributed by atoms with Crippen LogP contribution in [-0.4, -0.2) is 32.0 Å². The van der Waals surface area contributed by atoms with Crippen LogP contribution in [0.25, 0.3) is 0 Å². The SMILES string of the molecule is CS(=O)(=O)N(CCCC(=O)N(Cc1ccccc1)Cc1ccccc1)c1ccccc1. The zero-order chi connectivity index (χ0) is 22.1. The Morgan fingerprint density at radius 2 is 1.19 bits per heavy atom. The normalized spacial score (nSPS) is 11.1. The second kappa shape index (κ2) is 10.8. The van der Waals surface area contributed by atoms with Crippen LogP contribution in [0.15, 0.2) is 91.0 Å². The average Bonchev–Trinajstić information content (AvgIpc) is 2.77. The quantitative estimate of drug-likeness (QED) is 0.471. The molecule has 0 aliphatic heterocycles. The average molecular weight is 437 g/mol. The lowest BCUT2D eigenvalue weighted by molar-refractivity contribution is -0.132. The number of sulfonamides is 1. The zero-order valence-corrected chi connectivity index (χ0v) is 18.5. The summed E-state index contributed by atoms with van der Waals surface area (Å²) in [6.07, 6.45) is 1.92. The van der Waals surface area contributed by atoms with Crippen LogP contribution < -0.4 is 4.31 Å². The number of hydrogen-bond acceptors (Lipinski definition) is 3. The van der Waals surface area contributed by atoms with Gasteiger partial charge in [0.1, 0.15) is 0 Å². The lowest BCUT2D eigenvalue weighted by Gasteiger charge is -2.25. The van der Waals surface area contributed by atoms with Crippen LogP contribution in [-0.2, 0) is 27.9 Å². The van der Waals surface area contributed by atoms with Gasteiger partial charge in [-0.25, -0.2) is 8.42 Å². The van der Waals surface area contributed by atoms with E-state index < -0.39 is 10.0 Å². The second-order valence-corrected chi connectivity index (χ2v) is 9.40. The first-order chi connectivity index (χ1) is 14.9. The molecule has 0 saturated carbocycles. The topological polar surface area (TPSA) is 57.7 Å². The first kappa shape index (κ1) is 22.6. The molecule has 3 aromatic rings. The Bertz CT molecular complexity index is 1010. The summed E-state index contributed by atoms with van der Waals surface area (Å²) in [4.78, 5) is 14.9. The smallest absolute Gasteiger partial charge is 0.232 e. The van der Waals surface area contributed by atoms with Gasteiger partial charge in [0.05, 0.1) is 11.9 Å². The van der Waals surface area contributed by atoms with Crippen LogP contribution in [0.4, 0.5) is 5.69 Å². The summed E-state index contributed by atoms with van der Waals surface area (Å²) in [5.41, 5.74) is 2.74. The van der Waals surface area contributed by atoms with E-state index >= 15 is 0 Å². The van der Waals surface area contributed by atoms with E-state index in [4.69, 9.17) is 0 Å². The second-order valence-electron chi connectivity index (χ2n) is 7.50. The standard InChI is InChI=1S/C25H28N2O3S/c1-31(29,30)27(24-16-9-4-10-17-24)19-11-18-25(28)26(20-22-12-5-2-6-13-22)21-23-14-7-3-8-15-23/h2-10,12-17H,11,18-21H2,1H3. The van der Waals surface area contributed by atoms with Crippen LogP contribution in [0.2, 0.25) is 0 Å². The van der Waals surface area contributed by atoms with E-state index in [9.17, 15) is 13.2 Å². The maximum Gasteiger partial charge on any atom is 0.232 e. The molecule has 0 spiro atoms. The van der Waals surface area contributed by atoms with E-state index in [0.717, 1.165) is 11.1 Å². The van der Waals surface area contributed by atoms with Gasteiger partial charge in [-0.05, 0) is 29.7 Å². The molecule has 3 rings (SSSR count). The molecular formula is C25H28N2O3S. The van der Waals surface area contributed by atoms with Crippen molar-refractivity contribution >= 4 is 21.6 Å². The Balaban J connectivity index is 1.67. The summed E-state index contributed by atoms with van der Waals surface area (Å²) in [5.74, 6) is 0.00854. The highest BCUT2D eigenvalue weighted by molar-refractivity contribution is 7.92. The van der Waals surface area contributed by atoms with Crippen LogP contribution in [0.1, 0.15) is 24.0 Å². The lowest BCUT2D eigenvalue weighted by Crippen LogP contribution is -2.33. The highest BCUT2D eigenvalue weighted by Crippen LogP contribution is 2.18. The van der Waals surface area contributed by atoms with E-state index in [1.165, 1.54) is 10.6 Å². The van der Waals surface area contributed by atoms with Gasteiger partial charge < -0.3 is 4.90 Å². The summed E-state index contributed by atoms with van der Waals surface area (Å²) < 4.78 is 25.9. The molecule has 0 unspecified atom stereocenters. The third kappa shape index (κ3) is 6.96. The molecule has 0 N–H and O–H groups in total. The number of hydrogen-bond donors (Lipinski definition) is 0. The molecule has 3 aromatic carbocycles. The molecule has 31 heavy (non-hydrogen) atoms. The molecule has 0 saturated heterocycles. The molecule has 0 aromatic heterocycles. The van der Waals surface area contributed by atoms with E-state index in [-0.39, 0.29) is 18.9 Å². The third-order valence-corrected chi connectivity index (χ3v) is 6.18. The largest absolute Gasteiger partial charge is 0.334 e. The number of nitrogens with zero attached hydrogens (tertiary/aromatic N) is 2. The van der Waals surface area contributed by atoms with Crippen molar-refractivity contribution < 1.29 is 13.2 Å². The Morgan fingerprint density at radius 3 is 1.65 bits per heavy atom. The van der Waals surface area contributed by atoms with Crippen molar-refractivity contribution in [2.75, 3.05) is 17.1 Å². The number of para-hydroxylation sites is 1. The van der Waals surface area contributed by atoms with Crippen LogP contribution in [0, 0.1) is 0 Å². The van der Waals surface area contributed by atoms with Crippen molar-refractivity contribution in [2.24, 2.45) is 0 Å². The lowest BCUT2D eigenvalue weighted by atomic mass is 10.1. The minimum Gasteiger partial charge on any atom is -0.334 e. The minimum absolute atomic E-state index is 0.00854. The molecule has 0 radical (unpaired) electrons. The first-order valence-corrected chi connectivity index (χ1v) is 12.2. The highest BCUT2D eigenvalue weighted by Gasteiger charge is 2.19. The van der Waals surface area contributed by atoms with Crippen molar-refractivity contribution in [3.05, 3.63) is 102 Å². The van der Waals surface area contributed by atoms with Gasteiger partial charge in [0.15, 0.2) is 0 Å². The maximum absolute atomic E-state index is 13.1. The highest BCUT2D eigenvalue weighted by atomic mass is 32.2. The van der Waals surface area contributed by atoms with E-state index in [1.54, 1.807) is 24.3 Å². The molecule has 1 amide bonds. The number of carbonyl (C=O) groups excluding carboxylic acids is 1. The maximum atomic E-state index is 13.1. The van der Waals surface area contributed by atoms with Gasteiger partial charge in [0.2, 0.25) is 15.9 Å².